The minimum Gasteiger partial charge on any atom is -0.497 e. The molecular formula is C13H19NO4S. The smallest absolute Gasteiger partial charge is 0.158 e. The van der Waals surface area contributed by atoms with Gasteiger partial charge in [0, 0.05) is 11.3 Å². The number of hydrogen-bond donors (Lipinski definition) is 1. The lowest BCUT2D eigenvalue weighted by Gasteiger charge is -2.16. The first-order chi connectivity index (χ1) is 9.00. The minimum atomic E-state index is -3.31. The van der Waals surface area contributed by atoms with Crippen LogP contribution in [0.2, 0.25) is 0 Å². The first-order valence-corrected chi connectivity index (χ1v) is 7.79. The molecule has 5 nitrogen and oxygen atoms in total. The fourth-order valence-electron chi connectivity index (χ4n) is 1.89. The van der Waals surface area contributed by atoms with E-state index < -0.39 is 15.1 Å². The number of benzene rings is 1. The molecule has 0 saturated heterocycles. The summed E-state index contributed by atoms with van der Waals surface area (Å²) in [5.41, 5.74) is 0.749. The van der Waals surface area contributed by atoms with E-state index in [1.807, 2.05) is 0 Å². The molecule has 0 spiro atoms. The molecule has 6 heteroatoms. The highest BCUT2D eigenvalue weighted by atomic mass is 32.2. The number of methoxy groups -OCH3 is 1. The van der Waals surface area contributed by atoms with Crippen molar-refractivity contribution in [2.24, 2.45) is 5.16 Å². The average molecular weight is 285 g/mol. The van der Waals surface area contributed by atoms with Gasteiger partial charge in [-0.05, 0) is 30.7 Å². The van der Waals surface area contributed by atoms with Crippen LogP contribution in [0.5, 0.6) is 5.75 Å². The van der Waals surface area contributed by atoms with E-state index in [2.05, 4.69) is 5.16 Å². The summed E-state index contributed by atoms with van der Waals surface area (Å²) in [6, 6.07) is 6.76. The van der Waals surface area contributed by atoms with Crippen molar-refractivity contribution < 1.29 is 18.4 Å². The Morgan fingerprint density at radius 1 is 1.32 bits per heavy atom. The maximum atomic E-state index is 12.0. The fraction of sp³-hybridized carbons (Fsp3) is 0.462. The second-order valence-corrected chi connectivity index (χ2v) is 6.53. The minimum absolute atomic E-state index is 0.0146. The molecule has 106 valence electrons. The summed E-state index contributed by atoms with van der Waals surface area (Å²) in [7, 11) is -1.76. The summed E-state index contributed by atoms with van der Waals surface area (Å²) in [6.07, 6.45) is 0.363. The first kappa shape index (κ1) is 15.5. The molecule has 1 unspecified atom stereocenters. The zero-order valence-corrected chi connectivity index (χ0v) is 12.1. The van der Waals surface area contributed by atoms with E-state index in [1.54, 1.807) is 45.2 Å². The molecule has 1 N–H and O–H groups in total. The Balaban J connectivity index is 3.19. The van der Waals surface area contributed by atoms with Gasteiger partial charge in [0.25, 0.3) is 0 Å². The Hall–Kier alpha value is -1.56. The lowest BCUT2D eigenvalue weighted by atomic mass is 10.1. The highest BCUT2D eigenvalue weighted by molar-refractivity contribution is 7.92. The number of rotatable bonds is 6. The molecule has 19 heavy (non-hydrogen) atoms. The molecule has 1 rings (SSSR count). The van der Waals surface area contributed by atoms with Crippen LogP contribution in [0.15, 0.2) is 29.4 Å². The van der Waals surface area contributed by atoms with E-state index in [0.29, 0.717) is 17.7 Å². The van der Waals surface area contributed by atoms with Gasteiger partial charge in [-0.2, -0.15) is 0 Å². The predicted molar refractivity (Wildman–Crippen MR) is 74.9 cm³/mol. The van der Waals surface area contributed by atoms with Crippen LogP contribution in [0.3, 0.4) is 0 Å². The summed E-state index contributed by atoms with van der Waals surface area (Å²) in [5.74, 6) is 0.674. The van der Waals surface area contributed by atoms with Gasteiger partial charge in [0.1, 0.15) is 16.7 Å². The van der Waals surface area contributed by atoms with Crippen molar-refractivity contribution in [2.45, 2.75) is 25.5 Å². The lowest BCUT2D eigenvalue weighted by molar-refractivity contribution is 0.318. The van der Waals surface area contributed by atoms with Crippen LogP contribution in [0.25, 0.3) is 0 Å². The van der Waals surface area contributed by atoms with Gasteiger partial charge in [0.15, 0.2) is 9.84 Å². The van der Waals surface area contributed by atoms with E-state index >= 15 is 0 Å². The third-order valence-corrected chi connectivity index (χ3v) is 5.23. The third-order valence-electron chi connectivity index (χ3n) is 3.01. The Morgan fingerprint density at radius 2 is 1.89 bits per heavy atom. The summed E-state index contributed by atoms with van der Waals surface area (Å²) in [6.45, 7) is 3.34. The number of hydrogen-bond acceptors (Lipinski definition) is 5. The number of ether oxygens (including phenoxy) is 1. The van der Waals surface area contributed by atoms with Gasteiger partial charge < -0.3 is 9.94 Å². The van der Waals surface area contributed by atoms with Gasteiger partial charge in [-0.3, -0.25) is 0 Å². The van der Waals surface area contributed by atoms with Gasteiger partial charge in [0.05, 0.1) is 7.11 Å². The van der Waals surface area contributed by atoms with E-state index in [4.69, 9.17) is 9.94 Å². The normalized spacial score (nSPS) is 14.2. The maximum absolute atomic E-state index is 12.0. The second kappa shape index (κ2) is 6.56. The quantitative estimate of drug-likeness (QED) is 0.493. The van der Waals surface area contributed by atoms with E-state index in [-0.39, 0.29) is 11.5 Å². The standard InChI is InChI=1S/C13H19NO4S/c1-4-12(19(16,17)5-2)13(14-15)10-6-8-11(18-3)9-7-10/h6-9,12,15H,4-5H2,1-3H3. The van der Waals surface area contributed by atoms with Gasteiger partial charge in [-0.1, -0.05) is 19.0 Å². The molecule has 1 aromatic rings. The Morgan fingerprint density at radius 3 is 2.26 bits per heavy atom. The molecule has 0 bridgehead atoms. The van der Waals surface area contributed by atoms with Crippen molar-refractivity contribution >= 4 is 15.5 Å². The van der Waals surface area contributed by atoms with Crippen molar-refractivity contribution in [1.82, 2.24) is 0 Å². The molecule has 0 aliphatic carbocycles. The highest BCUT2D eigenvalue weighted by Crippen LogP contribution is 2.18. The summed E-state index contributed by atoms with van der Waals surface area (Å²) >= 11 is 0. The third kappa shape index (κ3) is 3.47. The largest absolute Gasteiger partial charge is 0.497 e. The van der Waals surface area contributed by atoms with Crippen molar-refractivity contribution in [2.75, 3.05) is 12.9 Å². The van der Waals surface area contributed by atoms with Crippen LogP contribution in [0.4, 0.5) is 0 Å². The zero-order valence-electron chi connectivity index (χ0n) is 11.3. The maximum Gasteiger partial charge on any atom is 0.158 e. The Bertz CT molecular complexity index is 534. The zero-order chi connectivity index (χ0) is 14.5. The topological polar surface area (TPSA) is 76.0 Å². The summed E-state index contributed by atoms with van der Waals surface area (Å²) < 4.78 is 29.1. The Labute approximate surface area is 113 Å². The number of nitrogens with zero attached hydrogens (tertiary/aromatic N) is 1. The van der Waals surface area contributed by atoms with Crippen molar-refractivity contribution in [3.05, 3.63) is 29.8 Å². The van der Waals surface area contributed by atoms with E-state index in [0.717, 1.165) is 0 Å². The van der Waals surface area contributed by atoms with Crippen molar-refractivity contribution in [3.63, 3.8) is 0 Å². The molecule has 1 atom stereocenters. The molecule has 0 aliphatic heterocycles. The SMILES string of the molecule is CCC(C(=NO)c1ccc(OC)cc1)S(=O)(=O)CC. The number of oxime groups is 1. The van der Waals surface area contributed by atoms with E-state index in [9.17, 15) is 8.42 Å². The lowest BCUT2D eigenvalue weighted by Crippen LogP contribution is -2.31. The molecule has 0 radical (unpaired) electrons. The molecule has 0 fully saturated rings. The Kier molecular flexibility index (Phi) is 5.35. The fourth-order valence-corrected chi connectivity index (χ4v) is 3.32. The molecule has 0 aliphatic rings. The van der Waals surface area contributed by atoms with Gasteiger partial charge >= 0.3 is 0 Å². The van der Waals surface area contributed by atoms with Gasteiger partial charge in [-0.25, -0.2) is 8.42 Å². The molecule has 0 aromatic heterocycles. The van der Waals surface area contributed by atoms with Crippen LogP contribution < -0.4 is 4.74 Å². The van der Waals surface area contributed by atoms with Crippen LogP contribution in [0.1, 0.15) is 25.8 Å². The van der Waals surface area contributed by atoms with Crippen LogP contribution >= 0.6 is 0 Å². The monoisotopic (exact) mass is 285 g/mol. The van der Waals surface area contributed by atoms with Crippen molar-refractivity contribution in [1.29, 1.82) is 0 Å². The first-order valence-electron chi connectivity index (χ1n) is 6.08. The van der Waals surface area contributed by atoms with Gasteiger partial charge in [0.2, 0.25) is 0 Å². The van der Waals surface area contributed by atoms with Crippen LogP contribution in [-0.2, 0) is 9.84 Å². The summed E-state index contributed by atoms with van der Waals surface area (Å²) in [4.78, 5) is 0. The van der Waals surface area contributed by atoms with Crippen LogP contribution in [0, 0.1) is 0 Å². The van der Waals surface area contributed by atoms with E-state index in [1.165, 1.54) is 0 Å². The second-order valence-electron chi connectivity index (χ2n) is 4.06. The summed E-state index contributed by atoms with van der Waals surface area (Å²) in [5, 5.41) is 11.6. The number of sulfone groups is 1. The molecule has 1 aromatic carbocycles. The molecule has 0 amide bonds. The van der Waals surface area contributed by atoms with Crippen molar-refractivity contribution in [3.8, 4) is 5.75 Å². The van der Waals surface area contributed by atoms with Gasteiger partial charge in [-0.15, -0.1) is 0 Å². The van der Waals surface area contributed by atoms with Crippen LogP contribution in [-0.4, -0.2) is 37.4 Å². The molecule has 0 heterocycles. The predicted octanol–water partition coefficient (Wildman–Crippen LogP) is 2.09. The average Bonchev–Trinajstić information content (AvgIpc) is 2.44. The highest BCUT2D eigenvalue weighted by Gasteiger charge is 2.28. The molecular weight excluding hydrogens is 266 g/mol. The molecule has 0 saturated carbocycles.